The van der Waals surface area contributed by atoms with Crippen LogP contribution in [0.25, 0.3) is 5.69 Å². The van der Waals surface area contributed by atoms with Crippen molar-refractivity contribution in [3.05, 3.63) is 83.2 Å². The van der Waals surface area contributed by atoms with E-state index < -0.39 is 30.2 Å². The Morgan fingerprint density at radius 3 is 2.37 bits per heavy atom. The van der Waals surface area contributed by atoms with Crippen molar-refractivity contribution in [3.8, 4) is 5.69 Å². The number of hydrogen-bond donors (Lipinski definition) is 1. The summed E-state index contributed by atoms with van der Waals surface area (Å²) < 4.78 is 45.2. The lowest BCUT2D eigenvalue weighted by molar-refractivity contribution is -0.137. The van der Waals surface area contributed by atoms with Gasteiger partial charge in [0.2, 0.25) is 0 Å². The fraction of sp³-hybridized carbons (Fsp3) is 0.182. The SMILES string of the molecule is Cc1cc(C(=O)OCC(=O)Nc2cccc(C(F)(F)F)c2)c(C)n1-c1ccccc1. The molecule has 3 aromatic rings. The van der Waals surface area contributed by atoms with Gasteiger partial charge in [0.25, 0.3) is 5.91 Å². The maximum Gasteiger partial charge on any atom is 0.416 e. The number of benzene rings is 2. The molecule has 0 aliphatic heterocycles. The fourth-order valence-corrected chi connectivity index (χ4v) is 3.12. The van der Waals surface area contributed by atoms with Crippen molar-refractivity contribution >= 4 is 17.6 Å². The first-order valence-corrected chi connectivity index (χ1v) is 9.05. The predicted molar refractivity (Wildman–Crippen MR) is 106 cm³/mol. The Kier molecular flexibility index (Phi) is 5.96. The van der Waals surface area contributed by atoms with Crippen LogP contribution in [0.15, 0.2) is 60.7 Å². The van der Waals surface area contributed by atoms with Gasteiger partial charge in [-0.15, -0.1) is 0 Å². The van der Waals surface area contributed by atoms with Gasteiger partial charge in [0.05, 0.1) is 11.1 Å². The third-order valence-corrected chi connectivity index (χ3v) is 4.47. The molecule has 156 valence electrons. The van der Waals surface area contributed by atoms with E-state index in [1.807, 2.05) is 41.8 Å². The number of carbonyl (C=O) groups excluding carboxylic acids is 2. The quantitative estimate of drug-likeness (QED) is 0.602. The largest absolute Gasteiger partial charge is 0.452 e. The van der Waals surface area contributed by atoms with Gasteiger partial charge in [-0.05, 0) is 50.2 Å². The van der Waals surface area contributed by atoms with Gasteiger partial charge < -0.3 is 14.6 Å². The molecular formula is C22H19F3N2O3. The lowest BCUT2D eigenvalue weighted by Crippen LogP contribution is -2.21. The molecule has 0 bridgehead atoms. The first-order valence-electron chi connectivity index (χ1n) is 9.05. The number of carbonyl (C=O) groups is 2. The normalized spacial score (nSPS) is 11.2. The second kappa shape index (κ2) is 8.44. The van der Waals surface area contributed by atoms with E-state index >= 15 is 0 Å². The van der Waals surface area contributed by atoms with Crippen LogP contribution in [0.4, 0.5) is 18.9 Å². The van der Waals surface area contributed by atoms with E-state index in [9.17, 15) is 22.8 Å². The van der Waals surface area contributed by atoms with Crippen LogP contribution in [0.5, 0.6) is 0 Å². The summed E-state index contributed by atoms with van der Waals surface area (Å²) in [6.07, 6.45) is -4.52. The van der Waals surface area contributed by atoms with Crippen molar-refractivity contribution in [2.45, 2.75) is 20.0 Å². The first kappa shape index (κ1) is 21.2. The van der Waals surface area contributed by atoms with Gasteiger partial charge in [-0.3, -0.25) is 4.79 Å². The topological polar surface area (TPSA) is 60.3 Å². The molecule has 0 aliphatic rings. The van der Waals surface area contributed by atoms with Gasteiger partial charge in [0.15, 0.2) is 6.61 Å². The van der Waals surface area contributed by atoms with Crippen LogP contribution < -0.4 is 5.32 Å². The summed E-state index contributed by atoms with van der Waals surface area (Å²) in [7, 11) is 0. The monoisotopic (exact) mass is 416 g/mol. The highest BCUT2D eigenvalue weighted by Gasteiger charge is 2.30. The van der Waals surface area contributed by atoms with E-state index in [0.717, 1.165) is 23.5 Å². The molecular weight excluding hydrogens is 397 g/mol. The second-order valence-corrected chi connectivity index (χ2v) is 6.66. The fourth-order valence-electron chi connectivity index (χ4n) is 3.12. The molecule has 0 spiro atoms. The molecule has 0 saturated carbocycles. The van der Waals surface area contributed by atoms with Gasteiger partial charge >= 0.3 is 12.1 Å². The van der Waals surface area contributed by atoms with Crippen molar-refractivity contribution in [2.75, 3.05) is 11.9 Å². The molecule has 8 heteroatoms. The number of nitrogens with zero attached hydrogens (tertiary/aromatic N) is 1. The summed E-state index contributed by atoms with van der Waals surface area (Å²) in [4.78, 5) is 24.5. The van der Waals surface area contributed by atoms with Gasteiger partial charge in [-0.2, -0.15) is 13.2 Å². The molecule has 1 N–H and O–H groups in total. The van der Waals surface area contributed by atoms with E-state index in [-0.39, 0.29) is 5.69 Å². The summed E-state index contributed by atoms with van der Waals surface area (Å²) >= 11 is 0. The van der Waals surface area contributed by atoms with Crippen LogP contribution >= 0.6 is 0 Å². The number of aryl methyl sites for hydroxylation is 1. The lowest BCUT2D eigenvalue weighted by Gasteiger charge is -2.11. The van der Waals surface area contributed by atoms with Gasteiger partial charge in [-0.1, -0.05) is 24.3 Å². The van der Waals surface area contributed by atoms with E-state index in [4.69, 9.17) is 4.74 Å². The predicted octanol–water partition coefficient (Wildman–Crippen LogP) is 4.91. The molecule has 1 heterocycles. The molecule has 0 saturated heterocycles. The minimum absolute atomic E-state index is 0.0341. The second-order valence-electron chi connectivity index (χ2n) is 6.66. The number of aromatic nitrogens is 1. The minimum Gasteiger partial charge on any atom is -0.452 e. The Morgan fingerprint density at radius 2 is 1.70 bits per heavy atom. The number of hydrogen-bond acceptors (Lipinski definition) is 3. The number of esters is 1. The highest BCUT2D eigenvalue weighted by atomic mass is 19.4. The van der Waals surface area contributed by atoms with E-state index in [1.54, 1.807) is 13.0 Å². The molecule has 0 unspecified atom stereocenters. The number of alkyl halides is 3. The minimum atomic E-state index is -4.52. The Morgan fingerprint density at radius 1 is 1.00 bits per heavy atom. The van der Waals surface area contributed by atoms with Crippen molar-refractivity contribution in [1.82, 2.24) is 4.57 Å². The van der Waals surface area contributed by atoms with Gasteiger partial charge in [0, 0.05) is 22.8 Å². The molecule has 5 nitrogen and oxygen atoms in total. The maximum atomic E-state index is 12.8. The molecule has 30 heavy (non-hydrogen) atoms. The number of amides is 1. The van der Waals surface area contributed by atoms with E-state index in [2.05, 4.69) is 5.32 Å². The molecule has 1 amide bonds. The number of rotatable bonds is 5. The third kappa shape index (κ3) is 4.71. The zero-order valence-corrected chi connectivity index (χ0v) is 16.3. The van der Waals surface area contributed by atoms with Gasteiger partial charge in [0.1, 0.15) is 0 Å². The molecule has 3 rings (SSSR count). The third-order valence-electron chi connectivity index (χ3n) is 4.47. The zero-order chi connectivity index (χ0) is 21.9. The molecule has 0 atom stereocenters. The Labute approximate surface area is 171 Å². The highest BCUT2D eigenvalue weighted by molar-refractivity contribution is 5.96. The Bertz CT molecular complexity index is 1070. The van der Waals surface area contributed by atoms with Crippen LogP contribution in [-0.2, 0) is 15.7 Å². The number of halogens is 3. The number of ether oxygens (including phenoxy) is 1. The average molecular weight is 416 g/mol. The van der Waals surface area contributed by atoms with Crippen molar-refractivity contribution in [3.63, 3.8) is 0 Å². The highest BCUT2D eigenvalue weighted by Crippen LogP contribution is 2.30. The molecule has 2 aromatic carbocycles. The Hall–Kier alpha value is -3.55. The lowest BCUT2D eigenvalue weighted by atomic mass is 10.2. The summed E-state index contributed by atoms with van der Waals surface area (Å²) in [6, 6.07) is 15.3. The van der Waals surface area contributed by atoms with Crippen molar-refractivity contribution in [1.29, 1.82) is 0 Å². The molecule has 0 aliphatic carbocycles. The number of para-hydroxylation sites is 1. The molecule has 1 aromatic heterocycles. The number of anilines is 1. The van der Waals surface area contributed by atoms with Crippen molar-refractivity contribution < 1.29 is 27.5 Å². The van der Waals surface area contributed by atoms with Gasteiger partial charge in [-0.25, -0.2) is 4.79 Å². The van der Waals surface area contributed by atoms with E-state index in [0.29, 0.717) is 11.3 Å². The van der Waals surface area contributed by atoms with Crippen LogP contribution in [0.2, 0.25) is 0 Å². The maximum absolute atomic E-state index is 12.8. The summed E-state index contributed by atoms with van der Waals surface area (Å²) in [5.74, 6) is -1.43. The summed E-state index contributed by atoms with van der Waals surface area (Å²) in [5.41, 5.74) is 1.75. The zero-order valence-electron chi connectivity index (χ0n) is 16.3. The molecule has 0 radical (unpaired) electrons. The number of nitrogens with one attached hydrogen (secondary N) is 1. The van der Waals surface area contributed by atoms with Crippen LogP contribution in [0.1, 0.15) is 27.3 Å². The average Bonchev–Trinajstić information content (AvgIpc) is 3.00. The van der Waals surface area contributed by atoms with Crippen molar-refractivity contribution in [2.24, 2.45) is 0 Å². The smallest absolute Gasteiger partial charge is 0.416 e. The van der Waals surface area contributed by atoms with Crippen LogP contribution in [0, 0.1) is 13.8 Å². The van der Waals surface area contributed by atoms with E-state index in [1.165, 1.54) is 12.1 Å². The first-order chi connectivity index (χ1) is 14.2. The standard InChI is InChI=1S/C22H19F3N2O3/c1-14-11-19(15(2)27(14)18-9-4-3-5-10-18)21(29)30-13-20(28)26-17-8-6-7-16(12-17)22(23,24)25/h3-12H,13H2,1-2H3,(H,26,28). The van der Waals surface area contributed by atoms with Crippen LogP contribution in [-0.4, -0.2) is 23.1 Å². The molecule has 0 fully saturated rings. The summed E-state index contributed by atoms with van der Waals surface area (Å²) in [5, 5.41) is 2.30. The Balaban J connectivity index is 1.66. The van der Waals surface area contributed by atoms with Crippen LogP contribution in [0.3, 0.4) is 0 Å². The summed E-state index contributed by atoms with van der Waals surface area (Å²) in [6.45, 7) is 2.99.